The minimum atomic E-state index is 1.07. The summed E-state index contributed by atoms with van der Waals surface area (Å²) in [6, 6.07) is 0. The molecule has 0 spiro atoms. The molecule has 112 valence electrons. The van der Waals surface area contributed by atoms with Gasteiger partial charge in [-0.05, 0) is 0 Å². The molecular formula is C15H35N4+3. The van der Waals surface area contributed by atoms with Gasteiger partial charge in [0.15, 0.2) is 6.67 Å². The largest absolute Gasteiger partial charge is 0.340 e. The maximum Gasteiger partial charge on any atom is 0.156 e. The number of quaternary nitrogens is 3. The van der Waals surface area contributed by atoms with Gasteiger partial charge >= 0.3 is 0 Å². The minimum Gasteiger partial charge on any atom is -0.340 e. The average molecular weight is 271 g/mol. The van der Waals surface area contributed by atoms with Gasteiger partial charge in [0.25, 0.3) is 0 Å². The number of hydrogen-bond acceptors (Lipinski definition) is 1. The van der Waals surface area contributed by atoms with E-state index in [0.29, 0.717) is 0 Å². The fraction of sp³-hybridized carbons (Fsp3) is 0.867. The van der Waals surface area contributed by atoms with Gasteiger partial charge in [-0.25, -0.2) is 0 Å². The first-order valence-corrected chi connectivity index (χ1v) is 7.50. The van der Waals surface area contributed by atoms with Crippen LogP contribution in [0.1, 0.15) is 12.8 Å². The smallest absolute Gasteiger partial charge is 0.156 e. The van der Waals surface area contributed by atoms with Crippen LogP contribution in [0.3, 0.4) is 0 Å². The van der Waals surface area contributed by atoms with Crippen LogP contribution in [-0.2, 0) is 0 Å². The van der Waals surface area contributed by atoms with Crippen LogP contribution in [0.4, 0.5) is 0 Å². The van der Waals surface area contributed by atoms with Gasteiger partial charge in [0, 0.05) is 12.8 Å². The maximum atomic E-state index is 3.39. The van der Waals surface area contributed by atoms with Crippen molar-refractivity contribution in [3.05, 3.63) is 12.4 Å². The van der Waals surface area contributed by atoms with Gasteiger partial charge in [-0.1, -0.05) is 0 Å². The molecule has 0 saturated carbocycles. The average Bonchev–Trinajstić information content (AvgIpc) is 2.63. The highest BCUT2D eigenvalue weighted by molar-refractivity contribution is 4.77. The molecule has 4 nitrogen and oxygen atoms in total. The van der Waals surface area contributed by atoms with Crippen LogP contribution in [0.25, 0.3) is 0 Å². The second kappa shape index (κ2) is 6.25. The van der Waals surface area contributed by atoms with E-state index in [1.165, 1.54) is 39.0 Å². The van der Waals surface area contributed by atoms with E-state index in [-0.39, 0.29) is 0 Å². The van der Waals surface area contributed by atoms with Gasteiger partial charge in [-0.2, -0.15) is 0 Å². The maximum absolute atomic E-state index is 3.39. The fourth-order valence-electron chi connectivity index (χ4n) is 2.64. The Bertz CT molecular complexity index is 276. The van der Waals surface area contributed by atoms with E-state index in [1.807, 2.05) is 0 Å². The molecule has 1 N–H and O–H groups in total. The van der Waals surface area contributed by atoms with E-state index in [4.69, 9.17) is 0 Å². The van der Waals surface area contributed by atoms with E-state index in [9.17, 15) is 0 Å². The molecule has 0 aliphatic carbocycles. The Morgan fingerprint density at radius 1 is 0.895 bits per heavy atom. The van der Waals surface area contributed by atoms with E-state index in [2.05, 4.69) is 60.0 Å². The van der Waals surface area contributed by atoms with Crippen molar-refractivity contribution in [1.29, 1.82) is 0 Å². The lowest BCUT2D eigenvalue weighted by molar-refractivity contribution is -0.900. The Balaban J connectivity index is 2.40. The second-order valence-electron chi connectivity index (χ2n) is 8.08. The first kappa shape index (κ1) is 16.5. The zero-order valence-electron chi connectivity index (χ0n) is 13.9. The van der Waals surface area contributed by atoms with Crippen molar-refractivity contribution < 1.29 is 13.4 Å². The number of nitrogens with zero attached hydrogens (tertiary/aromatic N) is 3. The quantitative estimate of drug-likeness (QED) is 0.650. The van der Waals surface area contributed by atoms with Crippen molar-refractivity contribution in [2.24, 2.45) is 0 Å². The molecule has 0 aromatic heterocycles. The van der Waals surface area contributed by atoms with Gasteiger partial charge in [0.05, 0.1) is 74.7 Å². The molecular weight excluding hydrogens is 236 g/mol. The molecule has 1 rings (SSSR count). The van der Waals surface area contributed by atoms with Crippen LogP contribution in [0, 0.1) is 0 Å². The third-order valence-electron chi connectivity index (χ3n) is 3.78. The van der Waals surface area contributed by atoms with Crippen LogP contribution >= 0.6 is 0 Å². The van der Waals surface area contributed by atoms with E-state index in [0.717, 1.165) is 20.1 Å². The summed E-state index contributed by atoms with van der Waals surface area (Å²) >= 11 is 0. The van der Waals surface area contributed by atoms with Gasteiger partial charge in [-0.15, -0.1) is 0 Å². The van der Waals surface area contributed by atoms with Gasteiger partial charge in [0.2, 0.25) is 0 Å². The van der Waals surface area contributed by atoms with Gasteiger partial charge in [0.1, 0.15) is 6.20 Å². The summed E-state index contributed by atoms with van der Waals surface area (Å²) in [5, 5.41) is 3.39. The Labute approximate surface area is 120 Å². The van der Waals surface area contributed by atoms with Crippen molar-refractivity contribution in [3.8, 4) is 0 Å². The molecule has 0 saturated heterocycles. The zero-order chi connectivity index (χ0) is 14.6. The molecule has 4 heteroatoms. The topological polar surface area (TPSA) is 12.0 Å². The summed E-state index contributed by atoms with van der Waals surface area (Å²) in [5.74, 6) is 0. The monoisotopic (exact) mass is 271 g/mol. The summed E-state index contributed by atoms with van der Waals surface area (Å²) in [5.41, 5.74) is 0. The summed E-state index contributed by atoms with van der Waals surface area (Å²) in [7, 11) is 13.7. The zero-order valence-corrected chi connectivity index (χ0v) is 13.9. The first-order chi connectivity index (χ1) is 8.62. The lowest BCUT2D eigenvalue weighted by Crippen LogP contribution is -2.48. The molecule has 0 atom stereocenters. The molecule has 0 unspecified atom stereocenters. The predicted octanol–water partition coefficient (Wildman–Crippen LogP) is 1.03. The summed E-state index contributed by atoms with van der Waals surface area (Å²) in [6.45, 7) is 6.10. The third-order valence-corrected chi connectivity index (χ3v) is 3.78. The highest BCUT2D eigenvalue weighted by Crippen LogP contribution is 2.15. The fourth-order valence-corrected chi connectivity index (χ4v) is 2.64. The van der Waals surface area contributed by atoms with Crippen LogP contribution in [-0.4, -0.2) is 88.6 Å². The van der Waals surface area contributed by atoms with Crippen molar-refractivity contribution >= 4 is 0 Å². The molecule has 1 aliphatic rings. The molecule has 1 aliphatic heterocycles. The SMILES string of the molecule is C[N+](C)(C)CCC[N+]1(CCC[N+](C)(C)C)C=CNC1. The van der Waals surface area contributed by atoms with Crippen molar-refractivity contribution in [2.75, 3.05) is 75.1 Å². The molecule has 0 fully saturated rings. The van der Waals surface area contributed by atoms with Crippen LogP contribution in [0.15, 0.2) is 12.4 Å². The van der Waals surface area contributed by atoms with Crippen molar-refractivity contribution in [3.63, 3.8) is 0 Å². The standard InChI is InChI=1S/C15H35N4/c1-17(2,3)10-7-12-19(14-9-16-15-19)13-8-11-18(4,5)6/h9,14,16H,7-8,10-13,15H2,1-6H3/q+3. The summed E-state index contributed by atoms with van der Waals surface area (Å²) in [6.07, 6.45) is 7.09. The third kappa shape index (κ3) is 6.95. The second-order valence-corrected chi connectivity index (χ2v) is 8.08. The number of nitrogens with one attached hydrogen (secondary N) is 1. The lowest BCUT2D eigenvalue weighted by atomic mass is 10.2. The molecule has 0 radical (unpaired) electrons. The van der Waals surface area contributed by atoms with Gasteiger partial charge < -0.3 is 14.3 Å². The Morgan fingerprint density at radius 3 is 1.68 bits per heavy atom. The molecule has 1 heterocycles. The van der Waals surface area contributed by atoms with Crippen LogP contribution < -0.4 is 5.32 Å². The number of rotatable bonds is 8. The molecule has 19 heavy (non-hydrogen) atoms. The Morgan fingerprint density at radius 2 is 1.37 bits per heavy atom. The predicted molar refractivity (Wildman–Crippen MR) is 82.2 cm³/mol. The number of hydrogen-bond donors (Lipinski definition) is 1. The van der Waals surface area contributed by atoms with Crippen molar-refractivity contribution in [2.45, 2.75) is 12.8 Å². The van der Waals surface area contributed by atoms with E-state index in [1.54, 1.807) is 0 Å². The summed E-state index contributed by atoms with van der Waals surface area (Å²) in [4.78, 5) is 0. The van der Waals surface area contributed by atoms with Gasteiger partial charge in [-0.3, -0.25) is 4.48 Å². The molecule has 0 bridgehead atoms. The lowest BCUT2D eigenvalue weighted by Gasteiger charge is -2.33. The molecule has 0 aromatic rings. The van der Waals surface area contributed by atoms with Crippen molar-refractivity contribution in [1.82, 2.24) is 5.32 Å². The minimum absolute atomic E-state index is 1.07. The van der Waals surface area contributed by atoms with Crippen LogP contribution in [0.2, 0.25) is 0 Å². The Kier molecular flexibility index (Phi) is 5.42. The highest BCUT2D eigenvalue weighted by Gasteiger charge is 2.28. The first-order valence-electron chi connectivity index (χ1n) is 7.50. The molecule has 0 aromatic carbocycles. The van der Waals surface area contributed by atoms with E-state index >= 15 is 0 Å². The normalized spacial score (nSPS) is 18.6. The van der Waals surface area contributed by atoms with E-state index < -0.39 is 0 Å². The molecule has 0 amide bonds. The Hall–Kier alpha value is -0.580. The summed E-state index contributed by atoms with van der Waals surface area (Å²) < 4.78 is 3.26. The van der Waals surface area contributed by atoms with Crippen LogP contribution in [0.5, 0.6) is 0 Å². The highest BCUT2D eigenvalue weighted by atomic mass is 15.4.